The number of benzene rings is 1. The number of methoxy groups -OCH3 is 1. The molecule has 1 aromatic carbocycles. The van der Waals surface area contributed by atoms with Gasteiger partial charge < -0.3 is 14.4 Å². The molecule has 0 atom stereocenters. The van der Waals surface area contributed by atoms with Gasteiger partial charge in [-0.05, 0) is 43.9 Å². The highest BCUT2D eigenvalue weighted by Gasteiger charge is 2.30. The number of nitrogens with zero attached hydrogens (tertiary/aromatic N) is 2. The van der Waals surface area contributed by atoms with Gasteiger partial charge in [0.25, 0.3) is 5.91 Å². The summed E-state index contributed by atoms with van der Waals surface area (Å²) in [5.74, 6) is 1.34. The minimum atomic E-state index is -0.0671. The Morgan fingerprint density at radius 1 is 1.16 bits per heavy atom. The maximum atomic E-state index is 12.6. The Balaban J connectivity index is 0.00000182. The normalized spacial score (nSPS) is 16.5. The summed E-state index contributed by atoms with van der Waals surface area (Å²) in [6.45, 7) is 0.539. The Hall–Kier alpha value is -2.27. The number of rotatable bonds is 4. The van der Waals surface area contributed by atoms with Gasteiger partial charge in [-0.1, -0.05) is 6.07 Å². The van der Waals surface area contributed by atoms with Crippen LogP contribution < -0.4 is 14.4 Å². The molecule has 6 heteroatoms. The van der Waals surface area contributed by atoms with Crippen LogP contribution in [0.3, 0.4) is 0 Å². The van der Waals surface area contributed by atoms with E-state index in [-0.39, 0.29) is 24.4 Å². The number of anilines is 1. The number of pyridine rings is 1. The van der Waals surface area contributed by atoms with Gasteiger partial charge in [-0.3, -0.25) is 9.78 Å². The third-order valence-corrected chi connectivity index (χ3v) is 4.72. The Labute approximate surface area is 153 Å². The fourth-order valence-electron chi connectivity index (χ4n) is 3.45. The molecule has 1 aromatic heterocycles. The molecule has 0 bridgehead atoms. The number of hydrogen-bond donors (Lipinski definition) is 0. The van der Waals surface area contributed by atoms with E-state index in [9.17, 15) is 4.79 Å². The Morgan fingerprint density at radius 2 is 1.96 bits per heavy atom. The number of ether oxygens (including phenoxy) is 2. The van der Waals surface area contributed by atoms with Crippen LogP contribution >= 0.6 is 12.4 Å². The van der Waals surface area contributed by atoms with Crippen LogP contribution in [0.1, 0.15) is 41.7 Å². The summed E-state index contributed by atoms with van der Waals surface area (Å²) in [4.78, 5) is 18.5. The number of fused-ring (bicyclic) bond motifs is 1. The van der Waals surface area contributed by atoms with Crippen molar-refractivity contribution in [2.75, 3.05) is 12.0 Å². The first-order valence-electron chi connectivity index (χ1n) is 8.36. The van der Waals surface area contributed by atoms with E-state index in [0.29, 0.717) is 23.7 Å². The van der Waals surface area contributed by atoms with Crippen molar-refractivity contribution in [2.24, 2.45) is 0 Å². The second-order valence-electron chi connectivity index (χ2n) is 6.26. The zero-order valence-electron chi connectivity index (χ0n) is 14.1. The smallest absolute Gasteiger partial charge is 0.277 e. The molecule has 1 saturated carbocycles. The van der Waals surface area contributed by atoms with Crippen molar-refractivity contribution in [3.05, 3.63) is 47.8 Å². The summed E-state index contributed by atoms with van der Waals surface area (Å²) < 4.78 is 11.6. The van der Waals surface area contributed by atoms with E-state index in [0.717, 1.165) is 24.1 Å². The minimum absolute atomic E-state index is 0. The largest absolute Gasteiger partial charge is 0.493 e. The van der Waals surface area contributed by atoms with Gasteiger partial charge in [-0.25, -0.2) is 0 Å². The van der Waals surface area contributed by atoms with Gasteiger partial charge in [0.2, 0.25) is 0 Å². The van der Waals surface area contributed by atoms with Crippen molar-refractivity contribution in [3.8, 4) is 11.5 Å². The summed E-state index contributed by atoms with van der Waals surface area (Å²) in [7, 11) is 1.64. The molecule has 0 N–H and O–H groups in total. The average molecular weight is 361 g/mol. The van der Waals surface area contributed by atoms with Gasteiger partial charge in [0, 0.05) is 23.5 Å². The highest BCUT2D eigenvalue weighted by Crippen LogP contribution is 2.37. The first-order chi connectivity index (χ1) is 11.8. The molecule has 0 saturated heterocycles. The first-order valence-corrected chi connectivity index (χ1v) is 8.36. The van der Waals surface area contributed by atoms with Crippen LogP contribution in [0.15, 0.2) is 36.5 Å². The topological polar surface area (TPSA) is 51.7 Å². The average Bonchev–Trinajstić information content (AvgIpc) is 3.23. The first kappa shape index (κ1) is 17.5. The van der Waals surface area contributed by atoms with Crippen LogP contribution in [0.2, 0.25) is 0 Å². The lowest BCUT2D eigenvalue weighted by Gasteiger charge is -2.20. The van der Waals surface area contributed by atoms with Crippen LogP contribution in [-0.2, 0) is 6.54 Å². The standard InChI is InChI=1S/C19H20N2O3.ClH/c1-23-16-9-8-14(11-17(16)24-15-6-2-3-7-15)21-12-13-5-4-10-20-18(13)19(21)22;/h4-5,8-11,15H,2-3,6-7,12H2,1H3;1H. The van der Waals surface area contributed by atoms with Gasteiger partial charge in [-0.15, -0.1) is 12.4 Å². The molecule has 1 fully saturated rings. The molecule has 132 valence electrons. The highest BCUT2D eigenvalue weighted by molar-refractivity contribution is 6.08. The van der Waals surface area contributed by atoms with Crippen LogP contribution in [0.4, 0.5) is 5.69 Å². The second-order valence-corrected chi connectivity index (χ2v) is 6.26. The summed E-state index contributed by atoms with van der Waals surface area (Å²) >= 11 is 0. The quantitative estimate of drug-likeness (QED) is 0.827. The van der Waals surface area contributed by atoms with Gasteiger partial charge in [0.1, 0.15) is 5.69 Å². The lowest BCUT2D eigenvalue weighted by Crippen LogP contribution is -2.23. The maximum Gasteiger partial charge on any atom is 0.277 e. The SMILES string of the molecule is COc1ccc(N2Cc3cccnc3C2=O)cc1OC1CCCC1.Cl. The molecule has 2 aromatic rings. The molecule has 0 unspecified atom stereocenters. The monoisotopic (exact) mass is 360 g/mol. The third-order valence-electron chi connectivity index (χ3n) is 4.72. The van der Waals surface area contributed by atoms with E-state index < -0.39 is 0 Å². The number of halogens is 1. The van der Waals surface area contributed by atoms with Crippen molar-refractivity contribution >= 4 is 24.0 Å². The molecule has 25 heavy (non-hydrogen) atoms. The summed E-state index contributed by atoms with van der Waals surface area (Å²) in [6.07, 6.45) is 6.46. The van der Waals surface area contributed by atoms with E-state index in [1.54, 1.807) is 18.2 Å². The Bertz CT molecular complexity index is 775. The molecule has 4 rings (SSSR count). The predicted octanol–water partition coefficient (Wildman–Crippen LogP) is 3.99. The molecular weight excluding hydrogens is 340 g/mol. The minimum Gasteiger partial charge on any atom is -0.493 e. The zero-order chi connectivity index (χ0) is 16.5. The number of carbonyl (C=O) groups is 1. The van der Waals surface area contributed by atoms with Crippen LogP contribution in [0, 0.1) is 0 Å². The lowest BCUT2D eigenvalue weighted by molar-refractivity contribution is 0.0992. The Morgan fingerprint density at radius 3 is 2.68 bits per heavy atom. The number of carbonyl (C=O) groups excluding carboxylic acids is 1. The molecule has 1 aliphatic heterocycles. The van der Waals surface area contributed by atoms with Gasteiger partial charge in [-0.2, -0.15) is 0 Å². The molecule has 0 radical (unpaired) electrons. The van der Waals surface area contributed by atoms with E-state index in [1.807, 2.05) is 30.3 Å². The fraction of sp³-hybridized carbons (Fsp3) is 0.368. The third kappa shape index (κ3) is 3.29. The molecule has 1 aliphatic carbocycles. The number of hydrogen-bond acceptors (Lipinski definition) is 4. The van der Waals surface area contributed by atoms with Crippen molar-refractivity contribution in [3.63, 3.8) is 0 Å². The lowest BCUT2D eigenvalue weighted by atomic mass is 10.2. The van der Waals surface area contributed by atoms with Gasteiger partial charge >= 0.3 is 0 Å². The summed E-state index contributed by atoms with van der Waals surface area (Å²) in [5, 5.41) is 0. The molecule has 2 aliphatic rings. The van der Waals surface area contributed by atoms with E-state index >= 15 is 0 Å². The maximum absolute atomic E-state index is 12.6. The molecule has 1 amide bonds. The van der Waals surface area contributed by atoms with Gasteiger partial charge in [0.05, 0.1) is 19.8 Å². The predicted molar refractivity (Wildman–Crippen MR) is 97.9 cm³/mol. The van der Waals surface area contributed by atoms with Crippen LogP contribution in [0.5, 0.6) is 11.5 Å². The molecule has 0 spiro atoms. The molecular formula is C19H21ClN2O3. The van der Waals surface area contributed by atoms with Crippen molar-refractivity contribution < 1.29 is 14.3 Å². The Kier molecular flexibility index (Phi) is 5.13. The van der Waals surface area contributed by atoms with E-state index in [4.69, 9.17) is 9.47 Å². The van der Waals surface area contributed by atoms with Crippen LogP contribution in [0.25, 0.3) is 0 Å². The fourth-order valence-corrected chi connectivity index (χ4v) is 3.45. The number of aromatic nitrogens is 1. The van der Waals surface area contributed by atoms with Crippen molar-refractivity contribution in [1.29, 1.82) is 0 Å². The van der Waals surface area contributed by atoms with E-state index in [2.05, 4.69) is 4.98 Å². The second kappa shape index (κ2) is 7.31. The molecule has 5 nitrogen and oxygen atoms in total. The van der Waals surface area contributed by atoms with Crippen molar-refractivity contribution in [2.45, 2.75) is 38.3 Å². The summed E-state index contributed by atoms with van der Waals surface area (Å²) in [6, 6.07) is 9.46. The van der Waals surface area contributed by atoms with Crippen molar-refractivity contribution in [1.82, 2.24) is 4.98 Å². The van der Waals surface area contributed by atoms with Gasteiger partial charge in [0.15, 0.2) is 11.5 Å². The summed E-state index contributed by atoms with van der Waals surface area (Å²) in [5.41, 5.74) is 2.30. The number of amides is 1. The molecule has 2 heterocycles. The zero-order valence-corrected chi connectivity index (χ0v) is 14.9. The highest BCUT2D eigenvalue weighted by atomic mass is 35.5. The van der Waals surface area contributed by atoms with Crippen LogP contribution in [-0.4, -0.2) is 24.1 Å². The van der Waals surface area contributed by atoms with E-state index in [1.165, 1.54) is 12.8 Å².